The zero-order valence-electron chi connectivity index (χ0n) is 12.0. The lowest BCUT2D eigenvalue weighted by molar-refractivity contribution is 0.394. The third-order valence-corrected chi connectivity index (χ3v) is 3.08. The largest absolute Gasteiger partial charge is 0.497 e. The molecule has 0 radical (unpaired) electrons. The minimum Gasteiger partial charge on any atom is -0.497 e. The summed E-state index contributed by atoms with van der Waals surface area (Å²) in [6.07, 6.45) is 3.87. The Bertz CT molecular complexity index is 598. The van der Waals surface area contributed by atoms with Gasteiger partial charge in [0.25, 0.3) is 0 Å². The van der Waals surface area contributed by atoms with E-state index in [0.29, 0.717) is 5.46 Å². The Morgan fingerprint density at radius 1 is 0.810 bits per heavy atom. The summed E-state index contributed by atoms with van der Waals surface area (Å²) >= 11 is 0. The summed E-state index contributed by atoms with van der Waals surface area (Å²) in [5, 5.41) is 18.1. The van der Waals surface area contributed by atoms with Crippen molar-refractivity contribution in [1.29, 1.82) is 0 Å². The predicted molar refractivity (Wildman–Crippen MR) is 84.7 cm³/mol. The van der Waals surface area contributed by atoms with Crippen molar-refractivity contribution in [3.63, 3.8) is 0 Å². The van der Waals surface area contributed by atoms with Crippen LogP contribution in [-0.2, 0) is 0 Å². The lowest BCUT2D eigenvalue weighted by Gasteiger charge is -2.06. The van der Waals surface area contributed by atoms with Crippen molar-refractivity contribution < 1.29 is 19.5 Å². The Balaban J connectivity index is 2.20. The first-order chi connectivity index (χ1) is 10.1. The molecule has 0 aliphatic rings. The number of benzene rings is 2. The lowest BCUT2D eigenvalue weighted by Crippen LogP contribution is -2.29. The molecule has 21 heavy (non-hydrogen) atoms. The molecule has 4 nitrogen and oxygen atoms in total. The maximum Gasteiger partial charge on any atom is 0.488 e. The molecular formula is C16H17BO4. The van der Waals surface area contributed by atoms with E-state index in [0.717, 1.165) is 22.6 Å². The van der Waals surface area contributed by atoms with E-state index in [1.807, 2.05) is 42.5 Å². The highest BCUT2D eigenvalue weighted by Gasteiger charge is 2.08. The molecule has 0 aliphatic heterocycles. The lowest BCUT2D eigenvalue weighted by atomic mass is 9.80. The number of ether oxygens (including phenoxy) is 2. The second-order valence-electron chi connectivity index (χ2n) is 4.52. The molecule has 0 amide bonds. The quantitative estimate of drug-likeness (QED) is 0.646. The normalized spacial score (nSPS) is 10.7. The van der Waals surface area contributed by atoms with Gasteiger partial charge in [0.1, 0.15) is 11.5 Å². The van der Waals surface area contributed by atoms with Crippen LogP contribution < -0.4 is 14.9 Å². The first kappa shape index (κ1) is 15.2. The molecule has 108 valence electrons. The van der Waals surface area contributed by atoms with Gasteiger partial charge in [-0.2, -0.15) is 0 Å². The van der Waals surface area contributed by atoms with Gasteiger partial charge in [0.05, 0.1) is 14.2 Å². The van der Waals surface area contributed by atoms with Crippen molar-refractivity contribution in [2.45, 2.75) is 0 Å². The monoisotopic (exact) mass is 284 g/mol. The molecule has 5 heteroatoms. The van der Waals surface area contributed by atoms with Crippen LogP contribution in [-0.4, -0.2) is 31.4 Å². The summed E-state index contributed by atoms with van der Waals surface area (Å²) in [5.74, 6) is 1.46. The Morgan fingerprint density at radius 3 is 1.81 bits per heavy atom. The van der Waals surface area contributed by atoms with Crippen molar-refractivity contribution in [3.05, 3.63) is 53.6 Å². The summed E-state index contributed by atoms with van der Waals surface area (Å²) in [7, 11) is 1.79. The second kappa shape index (κ2) is 6.97. The first-order valence-corrected chi connectivity index (χ1v) is 6.49. The molecular weight excluding hydrogens is 267 g/mol. The van der Waals surface area contributed by atoms with Gasteiger partial charge in [-0.1, -0.05) is 36.4 Å². The van der Waals surface area contributed by atoms with Crippen LogP contribution in [0, 0.1) is 0 Å². The molecule has 2 aromatic rings. The van der Waals surface area contributed by atoms with E-state index in [-0.39, 0.29) is 0 Å². The molecule has 0 aromatic heterocycles. The van der Waals surface area contributed by atoms with Crippen LogP contribution in [0.3, 0.4) is 0 Å². The highest BCUT2D eigenvalue weighted by Crippen LogP contribution is 2.23. The molecule has 2 rings (SSSR count). The van der Waals surface area contributed by atoms with Gasteiger partial charge in [-0.05, 0) is 28.7 Å². The van der Waals surface area contributed by atoms with Crippen LogP contribution in [0.5, 0.6) is 11.5 Å². The number of rotatable bonds is 5. The van der Waals surface area contributed by atoms with Gasteiger partial charge in [0.2, 0.25) is 0 Å². The average Bonchev–Trinajstić information content (AvgIpc) is 2.52. The SMILES string of the molecule is COc1cc(C=Cc2ccc(B(O)O)cc2)cc(OC)c1. The predicted octanol–water partition coefficient (Wildman–Crippen LogP) is 1.55. The van der Waals surface area contributed by atoms with Crippen LogP contribution in [0.1, 0.15) is 11.1 Å². The maximum atomic E-state index is 9.05. The fourth-order valence-electron chi connectivity index (χ4n) is 1.90. The maximum absolute atomic E-state index is 9.05. The van der Waals surface area contributed by atoms with Crippen molar-refractivity contribution in [2.75, 3.05) is 14.2 Å². The molecule has 0 heterocycles. The summed E-state index contributed by atoms with van der Waals surface area (Å²) in [4.78, 5) is 0. The summed E-state index contributed by atoms with van der Waals surface area (Å²) in [6.45, 7) is 0. The smallest absolute Gasteiger partial charge is 0.488 e. The van der Waals surface area contributed by atoms with Gasteiger partial charge in [0.15, 0.2) is 0 Å². The van der Waals surface area contributed by atoms with Gasteiger partial charge >= 0.3 is 7.12 Å². The zero-order chi connectivity index (χ0) is 15.2. The number of hydrogen-bond donors (Lipinski definition) is 2. The van der Waals surface area contributed by atoms with E-state index in [4.69, 9.17) is 19.5 Å². The average molecular weight is 284 g/mol. The van der Waals surface area contributed by atoms with Crippen molar-refractivity contribution in [3.8, 4) is 11.5 Å². The topological polar surface area (TPSA) is 58.9 Å². The fourth-order valence-corrected chi connectivity index (χ4v) is 1.90. The molecule has 0 spiro atoms. The second-order valence-corrected chi connectivity index (χ2v) is 4.52. The summed E-state index contributed by atoms with van der Waals surface area (Å²) < 4.78 is 10.4. The van der Waals surface area contributed by atoms with E-state index >= 15 is 0 Å². The van der Waals surface area contributed by atoms with Crippen LogP contribution in [0.4, 0.5) is 0 Å². The molecule has 0 unspecified atom stereocenters. The Hall–Kier alpha value is -2.24. The van der Waals surface area contributed by atoms with Crippen molar-refractivity contribution >= 4 is 24.7 Å². The molecule has 2 aromatic carbocycles. The number of hydrogen-bond acceptors (Lipinski definition) is 4. The minimum atomic E-state index is -1.44. The highest BCUT2D eigenvalue weighted by molar-refractivity contribution is 6.58. The van der Waals surface area contributed by atoms with E-state index in [9.17, 15) is 0 Å². The van der Waals surface area contributed by atoms with Gasteiger partial charge in [0, 0.05) is 6.07 Å². The fraction of sp³-hybridized carbons (Fsp3) is 0.125. The molecule has 2 N–H and O–H groups in total. The zero-order valence-corrected chi connectivity index (χ0v) is 12.0. The highest BCUT2D eigenvalue weighted by atomic mass is 16.5. The molecule has 0 aliphatic carbocycles. The van der Waals surface area contributed by atoms with E-state index in [1.54, 1.807) is 26.4 Å². The Kier molecular flexibility index (Phi) is 5.03. The van der Waals surface area contributed by atoms with Crippen molar-refractivity contribution in [1.82, 2.24) is 0 Å². The van der Waals surface area contributed by atoms with Crippen molar-refractivity contribution in [2.24, 2.45) is 0 Å². The third kappa shape index (κ3) is 4.11. The Morgan fingerprint density at radius 2 is 1.33 bits per heavy atom. The molecule has 0 fully saturated rings. The molecule has 0 saturated heterocycles. The van der Waals surface area contributed by atoms with Crippen LogP contribution >= 0.6 is 0 Å². The van der Waals surface area contributed by atoms with Gasteiger partial charge in [-0.25, -0.2) is 0 Å². The summed E-state index contributed by atoms with van der Waals surface area (Å²) in [5.41, 5.74) is 2.38. The van der Waals surface area contributed by atoms with Gasteiger partial charge in [-0.15, -0.1) is 0 Å². The van der Waals surface area contributed by atoms with Crippen LogP contribution in [0.25, 0.3) is 12.2 Å². The van der Waals surface area contributed by atoms with Crippen LogP contribution in [0.15, 0.2) is 42.5 Å². The molecule has 0 bridgehead atoms. The van der Waals surface area contributed by atoms with Gasteiger partial charge in [-0.3, -0.25) is 0 Å². The Labute approximate surface area is 124 Å². The standard InChI is InChI=1S/C16H17BO4/c1-20-15-9-13(10-16(11-15)21-2)4-3-12-5-7-14(8-6-12)17(18)19/h3-11,18-19H,1-2H3. The summed E-state index contributed by atoms with van der Waals surface area (Å²) in [6, 6.07) is 12.6. The van der Waals surface area contributed by atoms with E-state index in [2.05, 4.69) is 0 Å². The van der Waals surface area contributed by atoms with E-state index in [1.165, 1.54) is 0 Å². The molecule has 0 atom stereocenters. The third-order valence-electron chi connectivity index (χ3n) is 3.08. The molecule has 0 saturated carbocycles. The van der Waals surface area contributed by atoms with Crippen LogP contribution in [0.2, 0.25) is 0 Å². The first-order valence-electron chi connectivity index (χ1n) is 6.49. The van der Waals surface area contributed by atoms with E-state index < -0.39 is 7.12 Å². The van der Waals surface area contributed by atoms with Gasteiger partial charge < -0.3 is 19.5 Å². The number of methoxy groups -OCH3 is 2. The minimum absolute atomic E-state index is 0.468.